The van der Waals surface area contributed by atoms with Crippen molar-refractivity contribution >= 4 is 29.0 Å². The normalized spacial score (nSPS) is 25.8. The number of hydrogen-bond acceptors (Lipinski definition) is 5. The molecule has 3 unspecified atom stereocenters. The Morgan fingerprint density at radius 3 is 2.83 bits per heavy atom. The van der Waals surface area contributed by atoms with Crippen molar-refractivity contribution in [2.75, 3.05) is 0 Å². The van der Waals surface area contributed by atoms with Crippen molar-refractivity contribution in [3.8, 4) is 16.3 Å². The zero-order chi connectivity index (χ0) is 19.4. The minimum atomic E-state index is -0.245. The molecular formula is C22H20N4OS2. The number of benzene rings is 1. The Bertz CT molecular complexity index is 1100. The first kappa shape index (κ1) is 17.5. The summed E-state index contributed by atoms with van der Waals surface area (Å²) in [5.41, 5.74) is 4.30. The average Bonchev–Trinajstić information content (AvgIpc) is 3.50. The summed E-state index contributed by atoms with van der Waals surface area (Å²) in [6, 6.07) is 14.2. The van der Waals surface area contributed by atoms with Gasteiger partial charge >= 0.3 is 0 Å². The molecule has 4 heterocycles. The molecule has 1 aromatic carbocycles. The predicted octanol–water partition coefficient (Wildman–Crippen LogP) is 4.45. The maximum absolute atomic E-state index is 13.1. The van der Waals surface area contributed by atoms with Gasteiger partial charge in [-0.1, -0.05) is 24.3 Å². The van der Waals surface area contributed by atoms with Gasteiger partial charge in [-0.25, -0.2) is 4.68 Å². The molecule has 0 bridgehead atoms. The number of carbonyl (C=O) groups excluding carboxylic acids is 1. The number of allylic oxidation sites excluding steroid dienone is 1. The van der Waals surface area contributed by atoms with E-state index in [1.165, 1.54) is 16.9 Å². The van der Waals surface area contributed by atoms with Gasteiger partial charge in [-0.15, -0.1) is 23.1 Å². The van der Waals surface area contributed by atoms with Crippen LogP contribution in [0.1, 0.15) is 31.0 Å². The Balaban J connectivity index is 1.38. The van der Waals surface area contributed by atoms with E-state index in [0.717, 1.165) is 34.7 Å². The van der Waals surface area contributed by atoms with Crippen LogP contribution in [0.5, 0.6) is 0 Å². The number of nitrogens with zero attached hydrogens (tertiary/aromatic N) is 2. The molecule has 2 N–H and O–H groups in total. The van der Waals surface area contributed by atoms with Crippen molar-refractivity contribution in [1.29, 1.82) is 0 Å². The number of thioether (sulfide) groups is 1. The molecule has 0 saturated carbocycles. The molecule has 2 aromatic heterocycles. The number of rotatable bonds is 3. The largest absolute Gasteiger partial charge is 0.336 e. The second-order valence-electron chi connectivity index (χ2n) is 7.62. The zero-order valence-corrected chi connectivity index (χ0v) is 17.3. The third kappa shape index (κ3) is 2.87. The molecule has 0 spiro atoms. The summed E-state index contributed by atoms with van der Waals surface area (Å²) in [6.07, 6.45) is 5.17. The van der Waals surface area contributed by atoms with E-state index >= 15 is 0 Å². The van der Waals surface area contributed by atoms with Gasteiger partial charge in [-0.2, -0.15) is 5.10 Å². The van der Waals surface area contributed by atoms with E-state index < -0.39 is 0 Å². The van der Waals surface area contributed by atoms with Crippen LogP contribution in [0, 0.1) is 5.92 Å². The van der Waals surface area contributed by atoms with Crippen LogP contribution in [0.25, 0.3) is 16.3 Å². The highest BCUT2D eigenvalue weighted by Gasteiger charge is 2.46. The van der Waals surface area contributed by atoms with Crippen LogP contribution in [-0.4, -0.2) is 21.1 Å². The van der Waals surface area contributed by atoms with Crippen LogP contribution < -0.4 is 10.6 Å². The second-order valence-corrected chi connectivity index (χ2v) is 9.80. The standard InChI is InChI=1S/C22H20N4OS2/c27-21-18-14-8-4-9-16(14)29-22(18)24-20(23-21)15-12-26(13-6-2-1-3-7-13)25-19(15)17-10-5-11-28-17/h1-3,5-7,10-12,18,20,22,24H,4,8-9H2,(H,23,27). The van der Waals surface area contributed by atoms with Gasteiger partial charge in [0.25, 0.3) is 0 Å². The van der Waals surface area contributed by atoms with Crippen molar-refractivity contribution < 1.29 is 4.79 Å². The van der Waals surface area contributed by atoms with E-state index in [1.54, 1.807) is 11.3 Å². The van der Waals surface area contributed by atoms with Crippen LogP contribution in [0.2, 0.25) is 0 Å². The van der Waals surface area contributed by atoms with E-state index in [0.29, 0.717) is 0 Å². The monoisotopic (exact) mass is 420 g/mol. The van der Waals surface area contributed by atoms with E-state index in [-0.39, 0.29) is 23.4 Å². The zero-order valence-electron chi connectivity index (χ0n) is 15.7. The molecule has 1 saturated heterocycles. The fourth-order valence-electron chi connectivity index (χ4n) is 4.55. The fraction of sp³-hybridized carbons (Fsp3) is 0.273. The summed E-state index contributed by atoms with van der Waals surface area (Å²) in [7, 11) is 0. The minimum absolute atomic E-state index is 0.0249. The SMILES string of the molecule is O=C1NC(c2cn(-c3ccccc3)nc2-c2cccs2)NC2SC3=C(CCC3)C12. The maximum atomic E-state index is 13.1. The second kappa shape index (κ2) is 6.86. The molecule has 7 heteroatoms. The number of hydrogen-bond donors (Lipinski definition) is 2. The van der Waals surface area contributed by atoms with Crippen LogP contribution in [-0.2, 0) is 4.79 Å². The van der Waals surface area contributed by atoms with Crippen LogP contribution in [0.4, 0.5) is 0 Å². The van der Waals surface area contributed by atoms with E-state index in [9.17, 15) is 4.79 Å². The number of fused-ring (bicyclic) bond motifs is 2. The number of carbonyl (C=O) groups is 1. The van der Waals surface area contributed by atoms with Crippen molar-refractivity contribution in [2.45, 2.75) is 30.8 Å². The molecule has 3 atom stereocenters. The van der Waals surface area contributed by atoms with Gasteiger partial charge in [0.1, 0.15) is 11.9 Å². The Labute approximate surface area is 177 Å². The third-order valence-electron chi connectivity index (χ3n) is 5.88. The number of aromatic nitrogens is 2. The Morgan fingerprint density at radius 2 is 2.00 bits per heavy atom. The van der Waals surface area contributed by atoms with Crippen LogP contribution in [0.3, 0.4) is 0 Å². The molecule has 3 aromatic rings. The van der Waals surface area contributed by atoms with Gasteiger partial charge in [-0.05, 0) is 53.3 Å². The number of nitrogens with one attached hydrogen (secondary N) is 2. The summed E-state index contributed by atoms with van der Waals surface area (Å²) >= 11 is 3.52. The molecule has 3 aliphatic rings. The summed E-state index contributed by atoms with van der Waals surface area (Å²) in [5.74, 6) is 0.117. The topological polar surface area (TPSA) is 59.0 Å². The van der Waals surface area contributed by atoms with E-state index in [4.69, 9.17) is 5.10 Å². The molecule has 1 amide bonds. The smallest absolute Gasteiger partial charge is 0.231 e. The van der Waals surface area contributed by atoms with Gasteiger partial charge in [0.15, 0.2) is 0 Å². The van der Waals surface area contributed by atoms with Crippen molar-refractivity contribution in [2.24, 2.45) is 5.92 Å². The molecule has 1 fully saturated rings. The fourth-order valence-corrected chi connectivity index (χ4v) is 6.86. The lowest BCUT2D eigenvalue weighted by molar-refractivity contribution is -0.127. The van der Waals surface area contributed by atoms with Crippen molar-refractivity contribution in [1.82, 2.24) is 20.4 Å². The van der Waals surface area contributed by atoms with Crippen LogP contribution >= 0.6 is 23.1 Å². The summed E-state index contributed by atoms with van der Waals surface area (Å²) in [5, 5.41) is 14.0. The molecular weight excluding hydrogens is 400 g/mol. The first-order valence-corrected chi connectivity index (χ1v) is 11.7. The highest BCUT2D eigenvalue weighted by Crippen LogP contribution is 2.51. The first-order chi connectivity index (χ1) is 14.3. The highest BCUT2D eigenvalue weighted by atomic mass is 32.2. The van der Waals surface area contributed by atoms with E-state index in [1.807, 2.05) is 59.0 Å². The Kier molecular flexibility index (Phi) is 4.14. The molecule has 6 rings (SSSR count). The lowest BCUT2D eigenvalue weighted by atomic mass is 9.94. The molecule has 146 valence electrons. The molecule has 5 nitrogen and oxygen atoms in total. The molecule has 1 aliphatic carbocycles. The third-order valence-corrected chi connectivity index (χ3v) is 8.17. The number of para-hydroxylation sites is 1. The minimum Gasteiger partial charge on any atom is -0.336 e. The van der Waals surface area contributed by atoms with Gasteiger partial charge in [0, 0.05) is 11.8 Å². The van der Waals surface area contributed by atoms with Gasteiger partial charge in [0.2, 0.25) is 5.91 Å². The summed E-state index contributed by atoms with van der Waals surface area (Å²) in [6.45, 7) is 0. The number of amides is 1. The maximum Gasteiger partial charge on any atom is 0.231 e. The average molecular weight is 421 g/mol. The number of thiophene rings is 1. The Hall–Kier alpha value is -2.35. The molecule has 0 radical (unpaired) electrons. The van der Waals surface area contributed by atoms with Crippen molar-refractivity contribution in [3.05, 3.63) is 70.1 Å². The van der Waals surface area contributed by atoms with Crippen LogP contribution in [0.15, 0.2) is 64.5 Å². The van der Waals surface area contributed by atoms with Gasteiger partial charge in [0.05, 0.1) is 21.9 Å². The quantitative estimate of drug-likeness (QED) is 0.657. The lowest BCUT2D eigenvalue weighted by Crippen LogP contribution is -2.54. The lowest BCUT2D eigenvalue weighted by Gasteiger charge is -2.34. The summed E-state index contributed by atoms with van der Waals surface area (Å²) < 4.78 is 1.91. The first-order valence-electron chi connectivity index (χ1n) is 9.92. The van der Waals surface area contributed by atoms with Gasteiger partial charge < -0.3 is 5.32 Å². The van der Waals surface area contributed by atoms with Crippen molar-refractivity contribution in [3.63, 3.8) is 0 Å². The highest BCUT2D eigenvalue weighted by molar-refractivity contribution is 8.04. The molecule has 29 heavy (non-hydrogen) atoms. The van der Waals surface area contributed by atoms with E-state index in [2.05, 4.69) is 22.1 Å². The summed E-state index contributed by atoms with van der Waals surface area (Å²) in [4.78, 5) is 15.6. The Morgan fingerprint density at radius 1 is 1.10 bits per heavy atom. The predicted molar refractivity (Wildman–Crippen MR) is 117 cm³/mol. The molecule has 2 aliphatic heterocycles. The van der Waals surface area contributed by atoms with Gasteiger partial charge in [-0.3, -0.25) is 10.1 Å².